The van der Waals surface area contributed by atoms with Crippen molar-refractivity contribution < 1.29 is 0 Å². The van der Waals surface area contributed by atoms with Crippen molar-refractivity contribution in [2.75, 3.05) is 11.9 Å². The first-order valence-electron chi connectivity index (χ1n) is 7.71. The summed E-state index contributed by atoms with van der Waals surface area (Å²) in [5, 5.41) is 7.57. The van der Waals surface area contributed by atoms with Crippen LogP contribution < -0.4 is 10.9 Å². The zero-order chi connectivity index (χ0) is 15.4. The smallest absolute Gasteiger partial charge is 0.266 e. The highest BCUT2D eigenvalue weighted by molar-refractivity contribution is 7.17. The van der Waals surface area contributed by atoms with E-state index in [9.17, 15) is 4.79 Å². The molecule has 0 saturated carbocycles. The number of thiophene rings is 1. The number of aromatic nitrogens is 1. The fraction of sp³-hybridized carbons (Fsp3) is 0.105. The molecule has 0 spiro atoms. The highest BCUT2D eigenvalue weighted by Gasteiger charge is 2.14. The second kappa shape index (κ2) is 4.70. The van der Waals surface area contributed by atoms with Gasteiger partial charge in [0.25, 0.3) is 5.56 Å². The average molecular weight is 318 g/mol. The first-order chi connectivity index (χ1) is 11.3. The van der Waals surface area contributed by atoms with Gasteiger partial charge in [-0.05, 0) is 52.8 Å². The van der Waals surface area contributed by atoms with E-state index in [4.69, 9.17) is 0 Å². The normalized spacial score (nSPS) is 13.4. The summed E-state index contributed by atoms with van der Waals surface area (Å²) in [7, 11) is 0. The number of nitrogens with one attached hydrogen (secondary N) is 2. The third kappa shape index (κ3) is 1.85. The lowest BCUT2D eigenvalue weighted by atomic mass is 9.96. The molecule has 3 heterocycles. The first kappa shape index (κ1) is 12.9. The fourth-order valence-electron chi connectivity index (χ4n) is 3.52. The number of H-pyrrole nitrogens is 1. The van der Waals surface area contributed by atoms with Crippen LogP contribution in [0.2, 0.25) is 0 Å². The average Bonchev–Trinajstić information content (AvgIpc) is 3.23. The van der Waals surface area contributed by atoms with Crippen molar-refractivity contribution in [3.8, 4) is 11.1 Å². The molecule has 0 aliphatic carbocycles. The van der Waals surface area contributed by atoms with Crippen molar-refractivity contribution in [3.05, 3.63) is 63.8 Å². The van der Waals surface area contributed by atoms with Crippen LogP contribution in [0.3, 0.4) is 0 Å². The van der Waals surface area contributed by atoms with Crippen LogP contribution in [0.15, 0.2) is 52.6 Å². The maximum absolute atomic E-state index is 12.2. The minimum Gasteiger partial charge on any atom is -0.384 e. The van der Waals surface area contributed by atoms with E-state index in [0.717, 1.165) is 34.0 Å². The van der Waals surface area contributed by atoms with Crippen molar-refractivity contribution in [2.45, 2.75) is 6.42 Å². The van der Waals surface area contributed by atoms with Crippen LogP contribution in [0.4, 0.5) is 5.69 Å². The van der Waals surface area contributed by atoms with Crippen molar-refractivity contribution in [1.29, 1.82) is 0 Å². The van der Waals surface area contributed by atoms with Gasteiger partial charge < -0.3 is 10.3 Å². The van der Waals surface area contributed by atoms with Crippen LogP contribution >= 0.6 is 11.3 Å². The molecule has 0 unspecified atom stereocenters. The Morgan fingerprint density at radius 2 is 2.04 bits per heavy atom. The number of rotatable bonds is 1. The standard InChI is InChI=1S/C19H14N2OS/c22-19-18-14(7-9-23-18)17-13(2-1-3-16(17)21-19)11-4-5-15-12(10-11)6-8-20-15/h1-5,7,9-10,20H,6,8H2,(H,21,22). The highest BCUT2D eigenvalue weighted by Crippen LogP contribution is 2.36. The van der Waals surface area contributed by atoms with Gasteiger partial charge in [-0.1, -0.05) is 18.2 Å². The number of hydrogen-bond donors (Lipinski definition) is 2. The molecule has 0 saturated heterocycles. The molecule has 0 atom stereocenters. The molecule has 0 amide bonds. The molecule has 4 aromatic rings. The number of hydrogen-bond acceptors (Lipinski definition) is 3. The molecule has 3 nitrogen and oxygen atoms in total. The monoisotopic (exact) mass is 318 g/mol. The largest absolute Gasteiger partial charge is 0.384 e. The van der Waals surface area contributed by atoms with Gasteiger partial charge in [0.1, 0.15) is 4.70 Å². The molecule has 2 aromatic carbocycles. The number of fused-ring (bicyclic) bond motifs is 4. The molecule has 1 aliphatic heterocycles. The van der Waals surface area contributed by atoms with Gasteiger partial charge in [-0.25, -0.2) is 0 Å². The molecular weight excluding hydrogens is 304 g/mol. The summed E-state index contributed by atoms with van der Waals surface area (Å²) in [4.78, 5) is 15.2. The van der Waals surface area contributed by atoms with Crippen LogP contribution in [0.5, 0.6) is 0 Å². The van der Waals surface area contributed by atoms with Crippen LogP contribution in [0.1, 0.15) is 5.56 Å². The lowest BCUT2D eigenvalue weighted by Gasteiger charge is -2.10. The number of aromatic amines is 1. The highest BCUT2D eigenvalue weighted by atomic mass is 32.1. The Balaban J connectivity index is 1.88. The minimum atomic E-state index is -0.00203. The topological polar surface area (TPSA) is 44.9 Å². The first-order valence-corrected chi connectivity index (χ1v) is 8.58. The number of anilines is 1. The van der Waals surface area contributed by atoms with Gasteiger partial charge >= 0.3 is 0 Å². The van der Waals surface area contributed by atoms with Gasteiger partial charge in [-0.2, -0.15) is 0 Å². The van der Waals surface area contributed by atoms with Crippen LogP contribution in [-0.4, -0.2) is 11.5 Å². The SMILES string of the molecule is O=c1[nH]c2cccc(-c3ccc4c(c3)CCN4)c2c2ccsc12. The molecule has 0 radical (unpaired) electrons. The summed E-state index contributed by atoms with van der Waals surface area (Å²) in [5.41, 5.74) is 5.89. The van der Waals surface area contributed by atoms with E-state index in [1.165, 1.54) is 33.7 Å². The van der Waals surface area contributed by atoms with E-state index in [0.29, 0.717) is 0 Å². The summed E-state index contributed by atoms with van der Waals surface area (Å²) in [6.07, 6.45) is 1.07. The van der Waals surface area contributed by atoms with E-state index in [1.54, 1.807) is 0 Å². The Morgan fingerprint density at radius 1 is 1.09 bits per heavy atom. The maximum atomic E-state index is 12.2. The van der Waals surface area contributed by atoms with Gasteiger partial charge in [-0.3, -0.25) is 4.79 Å². The van der Waals surface area contributed by atoms with Gasteiger partial charge in [0, 0.05) is 28.5 Å². The second-order valence-electron chi connectivity index (χ2n) is 5.89. The molecule has 2 aromatic heterocycles. The summed E-state index contributed by atoms with van der Waals surface area (Å²) in [6.45, 7) is 1.01. The predicted octanol–water partition coefficient (Wildman–Crippen LogP) is 4.38. The van der Waals surface area contributed by atoms with E-state index in [1.807, 2.05) is 17.5 Å². The molecule has 5 rings (SSSR count). The Labute approximate surface area is 136 Å². The molecular formula is C19H14N2OS. The van der Waals surface area contributed by atoms with Crippen LogP contribution in [0.25, 0.3) is 32.1 Å². The van der Waals surface area contributed by atoms with E-state index in [-0.39, 0.29) is 5.56 Å². The van der Waals surface area contributed by atoms with Crippen LogP contribution in [0, 0.1) is 0 Å². The lowest BCUT2D eigenvalue weighted by Crippen LogP contribution is -2.04. The Morgan fingerprint density at radius 3 is 3.00 bits per heavy atom. The number of benzene rings is 2. The second-order valence-corrected chi connectivity index (χ2v) is 6.81. The molecule has 0 fully saturated rings. The predicted molar refractivity (Wildman–Crippen MR) is 97.6 cm³/mol. The molecule has 2 N–H and O–H groups in total. The summed E-state index contributed by atoms with van der Waals surface area (Å²) >= 11 is 1.50. The van der Waals surface area contributed by atoms with Gasteiger partial charge in [0.15, 0.2) is 0 Å². The molecule has 23 heavy (non-hydrogen) atoms. The Bertz CT molecular complexity index is 1120. The lowest BCUT2D eigenvalue weighted by molar-refractivity contribution is 1.11. The molecule has 1 aliphatic rings. The van der Waals surface area contributed by atoms with E-state index in [2.05, 4.69) is 40.6 Å². The van der Waals surface area contributed by atoms with Crippen molar-refractivity contribution >= 4 is 38.0 Å². The van der Waals surface area contributed by atoms with E-state index < -0.39 is 0 Å². The number of pyridine rings is 1. The molecule has 4 heteroatoms. The van der Waals surface area contributed by atoms with Crippen LogP contribution in [-0.2, 0) is 6.42 Å². The van der Waals surface area contributed by atoms with Crippen molar-refractivity contribution in [1.82, 2.24) is 4.98 Å². The van der Waals surface area contributed by atoms with Crippen molar-refractivity contribution in [2.24, 2.45) is 0 Å². The zero-order valence-electron chi connectivity index (χ0n) is 12.3. The quantitative estimate of drug-likeness (QED) is 0.547. The fourth-order valence-corrected chi connectivity index (χ4v) is 4.32. The maximum Gasteiger partial charge on any atom is 0.266 e. The third-order valence-electron chi connectivity index (χ3n) is 4.58. The minimum absolute atomic E-state index is 0.00203. The van der Waals surface area contributed by atoms with Gasteiger partial charge in [0.05, 0.1) is 0 Å². The van der Waals surface area contributed by atoms with Crippen molar-refractivity contribution in [3.63, 3.8) is 0 Å². The zero-order valence-corrected chi connectivity index (χ0v) is 13.2. The Kier molecular flexibility index (Phi) is 2.64. The molecule has 0 bridgehead atoms. The Hall–Kier alpha value is -2.59. The molecule has 112 valence electrons. The third-order valence-corrected chi connectivity index (χ3v) is 5.49. The van der Waals surface area contributed by atoms with E-state index >= 15 is 0 Å². The van der Waals surface area contributed by atoms with Gasteiger partial charge in [0.2, 0.25) is 0 Å². The summed E-state index contributed by atoms with van der Waals surface area (Å²) < 4.78 is 0.799. The summed E-state index contributed by atoms with van der Waals surface area (Å²) in [5.74, 6) is 0. The summed E-state index contributed by atoms with van der Waals surface area (Å²) in [6, 6.07) is 14.8. The van der Waals surface area contributed by atoms with Gasteiger partial charge in [-0.15, -0.1) is 11.3 Å².